The van der Waals surface area contributed by atoms with E-state index in [0.717, 1.165) is 18.2 Å². The Hall–Kier alpha value is -2.04. The summed E-state index contributed by atoms with van der Waals surface area (Å²) in [5.41, 5.74) is 0.129. The van der Waals surface area contributed by atoms with Crippen molar-refractivity contribution in [3.05, 3.63) is 71.8 Å². The molecule has 0 aromatic heterocycles. The van der Waals surface area contributed by atoms with Gasteiger partial charge < -0.3 is 4.74 Å². The van der Waals surface area contributed by atoms with Gasteiger partial charge in [-0.25, -0.2) is 4.39 Å². The van der Waals surface area contributed by atoms with E-state index in [1.807, 2.05) is 13.8 Å². The molecule has 0 aliphatic carbocycles. The third-order valence-corrected chi connectivity index (χ3v) is 2.95. The van der Waals surface area contributed by atoms with Gasteiger partial charge in [0.1, 0.15) is 18.2 Å². The number of ether oxygens (including phenoxy) is 1. The van der Waals surface area contributed by atoms with E-state index < -0.39 is 17.6 Å². The van der Waals surface area contributed by atoms with Crippen molar-refractivity contribution in [2.45, 2.75) is 26.6 Å². The van der Waals surface area contributed by atoms with Crippen LogP contribution in [0.15, 0.2) is 60.7 Å². The molecule has 1 rings (SSSR count). The van der Waals surface area contributed by atoms with Crippen LogP contribution in [-0.4, -0.2) is 0 Å². The maximum Gasteiger partial charge on any atom is 0.416 e. The molecule has 0 saturated carbocycles. The number of hydrogen-bond acceptors (Lipinski definition) is 1. The highest BCUT2D eigenvalue weighted by Gasteiger charge is 2.30. The average molecular weight is 314 g/mol. The van der Waals surface area contributed by atoms with Gasteiger partial charge in [0.05, 0.1) is 5.56 Å². The largest absolute Gasteiger partial charge is 0.489 e. The predicted molar refractivity (Wildman–Crippen MR) is 78.5 cm³/mol. The number of hydrogen-bond donors (Lipinski definition) is 0. The van der Waals surface area contributed by atoms with Gasteiger partial charge in [0, 0.05) is 6.08 Å². The summed E-state index contributed by atoms with van der Waals surface area (Å²) in [5, 5.41) is 0. The molecular formula is C17H18F4O. The van der Waals surface area contributed by atoms with Crippen LogP contribution < -0.4 is 0 Å². The van der Waals surface area contributed by atoms with E-state index in [0.29, 0.717) is 11.1 Å². The van der Waals surface area contributed by atoms with E-state index >= 15 is 0 Å². The van der Waals surface area contributed by atoms with Crippen LogP contribution in [0.3, 0.4) is 0 Å². The Bertz CT molecular complexity index is 583. The van der Waals surface area contributed by atoms with Crippen LogP contribution in [0.2, 0.25) is 0 Å². The lowest BCUT2D eigenvalue weighted by Gasteiger charge is -2.16. The summed E-state index contributed by atoms with van der Waals surface area (Å²) in [5.74, 6) is -0.520. The predicted octanol–water partition coefficient (Wildman–Crippen LogP) is 5.80. The molecule has 0 amide bonds. The van der Waals surface area contributed by atoms with Crippen molar-refractivity contribution in [1.29, 1.82) is 0 Å². The first kappa shape index (κ1) is 18.0. The second-order valence-corrected chi connectivity index (χ2v) is 5.12. The lowest BCUT2D eigenvalue weighted by Crippen LogP contribution is -2.06. The first-order chi connectivity index (χ1) is 10.1. The Balaban J connectivity index is 2.90. The molecule has 0 N–H and O–H groups in total. The van der Waals surface area contributed by atoms with Crippen molar-refractivity contribution in [2.24, 2.45) is 5.92 Å². The fourth-order valence-corrected chi connectivity index (χ4v) is 1.65. The van der Waals surface area contributed by atoms with Crippen LogP contribution in [0.5, 0.6) is 0 Å². The van der Waals surface area contributed by atoms with E-state index in [2.05, 4.69) is 13.2 Å². The molecule has 0 aliphatic rings. The van der Waals surface area contributed by atoms with Gasteiger partial charge in [-0.05, 0) is 29.2 Å². The topological polar surface area (TPSA) is 9.23 Å². The molecule has 22 heavy (non-hydrogen) atoms. The average Bonchev–Trinajstić information content (AvgIpc) is 2.41. The van der Waals surface area contributed by atoms with Crippen molar-refractivity contribution in [1.82, 2.24) is 0 Å². The van der Waals surface area contributed by atoms with Crippen LogP contribution in [0.1, 0.15) is 25.0 Å². The van der Waals surface area contributed by atoms with Crippen LogP contribution >= 0.6 is 0 Å². The maximum absolute atomic E-state index is 13.0. The molecule has 5 heteroatoms. The second kappa shape index (κ2) is 7.29. The smallest absolute Gasteiger partial charge is 0.416 e. The SMILES string of the molecule is C=C(F)/C=C(/OCc1cccc(C(F)(F)F)c1)C(=C)C(C)C. The Morgan fingerprint density at radius 3 is 2.41 bits per heavy atom. The minimum absolute atomic E-state index is 0.00658. The third kappa shape index (κ3) is 5.39. The zero-order chi connectivity index (χ0) is 16.9. The maximum atomic E-state index is 13.0. The normalized spacial score (nSPS) is 12.4. The van der Waals surface area contributed by atoms with Crippen LogP contribution in [0, 0.1) is 5.92 Å². The third-order valence-electron chi connectivity index (χ3n) is 2.95. The Morgan fingerprint density at radius 2 is 1.91 bits per heavy atom. The minimum atomic E-state index is -4.41. The lowest BCUT2D eigenvalue weighted by atomic mass is 10.0. The van der Waals surface area contributed by atoms with Gasteiger partial charge >= 0.3 is 6.18 Å². The van der Waals surface area contributed by atoms with Gasteiger partial charge in [-0.3, -0.25) is 0 Å². The van der Waals surface area contributed by atoms with Gasteiger partial charge in [0.25, 0.3) is 0 Å². The van der Waals surface area contributed by atoms with E-state index in [4.69, 9.17) is 4.74 Å². The Morgan fingerprint density at radius 1 is 1.27 bits per heavy atom. The molecule has 0 bridgehead atoms. The lowest BCUT2D eigenvalue weighted by molar-refractivity contribution is -0.137. The monoisotopic (exact) mass is 314 g/mol. The number of allylic oxidation sites excluding steroid dienone is 3. The second-order valence-electron chi connectivity index (χ2n) is 5.12. The number of halogens is 4. The molecule has 0 saturated heterocycles. The molecule has 0 aliphatic heterocycles. The van der Waals surface area contributed by atoms with Crippen molar-refractivity contribution < 1.29 is 22.3 Å². The number of benzene rings is 1. The van der Waals surface area contributed by atoms with Gasteiger partial charge in [-0.1, -0.05) is 39.1 Å². The van der Waals surface area contributed by atoms with Crippen molar-refractivity contribution in [3.63, 3.8) is 0 Å². The summed E-state index contributed by atoms with van der Waals surface area (Å²) in [6, 6.07) is 4.79. The molecular weight excluding hydrogens is 296 g/mol. The van der Waals surface area contributed by atoms with Crippen LogP contribution in [0.25, 0.3) is 0 Å². The Labute approximate surface area is 127 Å². The highest BCUT2D eigenvalue weighted by atomic mass is 19.4. The van der Waals surface area contributed by atoms with E-state index in [-0.39, 0.29) is 18.3 Å². The summed E-state index contributed by atoms with van der Waals surface area (Å²) in [6.45, 7) is 10.5. The quantitative estimate of drug-likeness (QED) is 0.366. The van der Waals surface area contributed by atoms with E-state index in [1.54, 1.807) is 0 Å². The first-order valence-electron chi connectivity index (χ1n) is 6.65. The summed E-state index contributed by atoms with van der Waals surface area (Å²) in [6.07, 6.45) is -3.33. The van der Waals surface area contributed by atoms with Crippen LogP contribution in [-0.2, 0) is 17.5 Å². The summed E-state index contributed by atoms with van der Waals surface area (Å²) in [7, 11) is 0. The molecule has 0 spiro atoms. The first-order valence-corrected chi connectivity index (χ1v) is 6.65. The van der Waals surface area contributed by atoms with Crippen molar-refractivity contribution in [2.75, 3.05) is 0 Å². The van der Waals surface area contributed by atoms with Crippen molar-refractivity contribution >= 4 is 0 Å². The molecule has 1 aromatic carbocycles. The van der Waals surface area contributed by atoms with Crippen LogP contribution in [0.4, 0.5) is 17.6 Å². The van der Waals surface area contributed by atoms with Gasteiger partial charge in [-0.2, -0.15) is 13.2 Å². The van der Waals surface area contributed by atoms with Gasteiger partial charge in [0.2, 0.25) is 0 Å². The number of alkyl halides is 3. The minimum Gasteiger partial charge on any atom is -0.489 e. The fraction of sp³-hybridized carbons (Fsp3) is 0.294. The molecule has 0 fully saturated rings. The highest BCUT2D eigenvalue weighted by Crippen LogP contribution is 2.30. The molecule has 1 nitrogen and oxygen atoms in total. The molecule has 120 valence electrons. The zero-order valence-corrected chi connectivity index (χ0v) is 12.5. The fourth-order valence-electron chi connectivity index (χ4n) is 1.65. The summed E-state index contributed by atoms with van der Waals surface area (Å²) < 4.78 is 56.3. The molecule has 0 atom stereocenters. The zero-order valence-electron chi connectivity index (χ0n) is 12.5. The molecule has 0 heterocycles. The van der Waals surface area contributed by atoms with E-state index in [9.17, 15) is 17.6 Å². The molecule has 0 unspecified atom stereocenters. The van der Waals surface area contributed by atoms with E-state index in [1.165, 1.54) is 12.1 Å². The van der Waals surface area contributed by atoms with Gasteiger partial charge in [0.15, 0.2) is 0 Å². The number of rotatable bonds is 6. The molecule has 1 aromatic rings. The summed E-state index contributed by atoms with van der Waals surface area (Å²) >= 11 is 0. The van der Waals surface area contributed by atoms with Gasteiger partial charge in [-0.15, -0.1) is 0 Å². The standard InChI is InChI=1S/C17H18F4O/c1-11(2)13(4)16(8-12(3)18)22-10-14-6-5-7-15(9-14)17(19,20)21/h5-9,11H,3-4,10H2,1-2H3/b16-8+. The van der Waals surface area contributed by atoms with Crippen molar-refractivity contribution in [3.8, 4) is 0 Å². The Kier molecular flexibility index (Phi) is 5.97. The molecule has 0 radical (unpaired) electrons. The summed E-state index contributed by atoms with van der Waals surface area (Å²) in [4.78, 5) is 0. The highest BCUT2D eigenvalue weighted by molar-refractivity contribution is 5.30.